The Bertz CT molecular complexity index is 494. The number of aryl methyl sites for hydroxylation is 1. The van der Waals surface area contributed by atoms with Gasteiger partial charge in [0.1, 0.15) is 11.6 Å². The van der Waals surface area contributed by atoms with Crippen molar-refractivity contribution in [3.8, 4) is 0 Å². The second kappa shape index (κ2) is 4.89. The molecule has 1 amide bonds. The predicted octanol–water partition coefficient (Wildman–Crippen LogP) is 1.39. The lowest BCUT2D eigenvalue weighted by Crippen LogP contribution is -2.44. The van der Waals surface area contributed by atoms with Crippen LogP contribution < -0.4 is 10.6 Å². The summed E-state index contributed by atoms with van der Waals surface area (Å²) in [5, 5.41) is 6.26. The molecule has 2 N–H and O–H groups in total. The number of nitrogens with one attached hydrogen (secondary N) is 2. The van der Waals surface area contributed by atoms with Gasteiger partial charge in [-0.25, -0.2) is 9.97 Å². The third-order valence-corrected chi connectivity index (χ3v) is 4.23. The number of carbonyl (C=O) groups excluding carboxylic acids is 1. The summed E-state index contributed by atoms with van der Waals surface area (Å²) >= 11 is 0. The largest absolute Gasteiger partial charge is 0.317 e. The molecular formula is C14H20N4O. The molecule has 5 nitrogen and oxygen atoms in total. The number of anilines is 1. The van der Waals surface area contributed by atoms with Crippen molar-refractivity contribution in [2.45, 2.75) is 44.4 Å². The SMILES string of the molecule is CCCCc1ncc2c(n1)NC(=O)C21CCNCC1. The van der Waals surface area contributed by atoms with Gasteiger partial charge >= 0.3 is 0 Å². The van der Waals surface area contributed by atoms with E-state index in [0.717, 1.165) is 62.4 Å². The van der Waals surface area contributed by atoms with Gasteiger partial charge in [0.15, 0.2) is 0 Å². The molecule has 0 aliphatic carbocycles. The van der Waals surface area contributed by atoms with E-state index in [1.165, 1.54) is 0 Å². The first-order chi connectivity index (χ1) is 9.26. The van der Waals surface area contributed by atoms with E-state index in [9.17, 15) is 4.79 Å². The second-order valence-corrected chi connectivity index (χ2v) is 5.44. The number of aromatic nitrogens is 2. The van der Waals surface area contributed by atoms with E-state index in [1.54, 1.807) is 0 Å². The number of unbranched alkanes of at least 4 members (excludes halogenated alkanes) is 1. The van der Waals surface area contributed by atoms with Crippen LogP contribution in [0.15, 0.2) is 6.20 Å². The topological polar surface area (TPSA) is 66.9 Å². The van der Waals surface area contributed by atoms with E-state index in [-0.39, 0.29) is 11.3 Å². The van der Waals surface area contributed by atoms with E-state index in [4.69, 9.17) is 0 Å². The number of carbonyl (C=O) groups is 1. The average molecular weight is 260 g/mol. The van der Waals surface area contributed by atoms with E-state index < -0.39 is 0 Å². The van der Waals surface area contributed by atoms with E-state index in [1.807, 2.05) is 6.20 Å². The van der Waals surface area contributed by atoms with Crippen LogP contribution in [0.2, 0.25) is 0 Å². The van der Waals surface area contributed by atoms with E-state index in [2.05, 4.69) is 27.5 Å². The molecule has 19 heavy (non-hydrogen) atoms. The fourth-order valence-electron chi connectivity index (χ4n) is 3.02. The van der Waals surface area contributed by atoms with Gasteiger partial charge in [-0.3, -0.25) is 4.79 Å². The first-order valence-electron chi connectivity index (χ1n) is 7.15. The van der Waals surface area contributed by atoms with Crippen molar-refractivity contribution in [3.05, 3.63) is 17.6 Å². The summed E-state index contributed by atoms with van der Waals surface area (Å²) in [5.41, 5.74) is 0.614. The molecule has 3 heterocycles. The van der Waals surface area contributed by atoms with Crippen molar-refractivity contribution in [2.75, 3.05) is 18.4 Å². The van der Waals surface area contributed by atoms with E-state index in [0.29, 0.717) is 0 Å². The molecule has 0 atom stereocenters. The number of hydrogen-bond donors (Lipinski definition) is 2. The Balaban J connectivity index is 1.92. The lowest BCUT2D eigenvalue weighted by atomic mass is 9.75. The number of nitrogens with zero attached hydrogens (tertiary/aromatic N) is 2. The number of fused-ring (bicyclic) bond motifs is 2. The zero-order valence-electron chi connectivity index (χ0n) is 11.3. The van der Waals surface area contributed by atoms with Crippen molar-refractivity contribution in [1.82, 2.24) is 15.3 Å². The van der Waals surface area contributed by atoms with Gasteiger partial charge in [-0.1, -0.05) is 13.3 Å². The van der Waals surface area contributed by atoms with Crippen molar-refractivity contribution < 1.29 is 4.79 Å². The van der Waals surface area contributed by atoms with Crippen molar-refractivity contribution in [3.63, 3.8) is 0 Å². The maximum Gasteiger partial charge on any atom is 0.236 e. The molecule has 3 rings (SSSR count). The lowest BCUT2D eigenvalue weighted by molar-refractivity contribution is -0.121. The molecular weight excluding hydrogens is 240 g/mol. The summed E-state index contributed by atoms with van der Waals surface area (Å²) in [5.74, 6) is 1.69. The van der Waals surface area contributed by atoms with Crippen LogP contribution in [0.5, 0.6) is 0 Å². The summed E-state index contributed by atoms with van der Waals surface area (Å²) in [6.07, 6.45) is 6.64. The highest BCUT2D eigenvalue weighted by atomic mass is 16.2. The van der Waals surface area contributed by atoms with Crippen LogP contribution in [0.3, 0.4) is 0 Å². The Morgan fingerprint density at radius 1 is 1.37 bits per heavy atom. The Labute approximate surface area is 113 Å². The molecule has 0 unspecified atom stereocenters. The molecule has 1 spiro atoms. The van der Waals surface area contributed by atoms with E-state index >= 15 is 0 Å². The number of hydrogen-bond acceptors (Lipinski definition) is 4. The summed E-state index contributed by atoms with van der Waals surface area (Å²) < 4.78 is 0. The zero-order valence-corrected chi connectivity index (χ0v) is 11.3. The first kappa shape index (κ1) is 12.5. The third kappa shape index (κ3) is 2.02. The Morgan fingerprint density at radius 3 is 2.89 bits per heavy atom. The molecule has 0 bridgehead atoms. The molecule has 1 fully saturated rings. The summed E-state index contributed by atoms with van der Waals surface area (Å²) in [4.78, 5) is 21.3. The standard InChI is InChI=1S/C14H20N4O/c1-2-3-4-11-16-9-10-12(17-11)18-13(19)14(10)5-7-15-8-6-14/h9,15H,2-8H2,1H3,(H,16,17,18,19). The van der Waals surface area contributed by atoms with Gasteiger partial charge in [0.05, 0.1) is 5.41 Å². The molecule has 0 aromatic carbocycles. The molecule has 1 aromatic rings. The molecule has 2 aliphatic heterocycles. The van der Waals surface area contributed by atoms with Gasteiger partial charge in [-0.15, -0.1) is 0 Å². The average Bonchev–Trinajstić information content (AvgIpc) is 2.70. The minimum Gasteiger partial charge on any atom is -0.317 e. The lowest BCUT2D eigenvalue weighted by Gasteiger charge is -2.31. The summed E-state index contributed by atoms with van der Waals surface area (Å²) in [6.45, 7) is 3.91. The van der Waals surface area contributed by atoms with Crippen molar-refractivity contribution in [1.29, 1.82) is 0 Å². The van der Waals surface area contributed by atoms with Gasteiger partial charge in [0.2, 0.25) is 5.91 Å². The van der Waals surface area contributed by atoms with Gasteiger partial charge in [-0.2, -0.15) is 0 Å². The quantitative estimate of drug-likeness (QED) is 0.862. The van der Waals surface area contributed by atoms with Crippen LogP contribution >= 0.6 is 0 Å². The van der Waals surface area contributed by atoms with Gasteiger partial charge in [0.25, 0.3) is 0 Å². The Kier molecular flexibility index (Phi) is 3.22. The molecule has 1 saturated heterocycles. The van der Waals surface area contributed by atoms with Gasteiger partial charge in [0, 0.05) is 18.2 Å². The highest BCUT2D eigenvalue weighted by molar-refractivity contribution is 6.05. The van der Waals surface area contributed by atoms with Crippen molar-refractivity contribution in [2.24, 2.45) is 0 Å². The molecule has 0 radical (unpaired) electrons. The monoisotopic (exact) mass is 260 g/mol. The Hall–Kier alpha value is -1.49. The first-order valence-corrected chi connectivity index (χ1v) is 7.15. The second-order valence-electron chi connectivity index (χ2n) is 5.44. The fraction of sp³-hybridized carbons (Fsp3) is 0.643. The van der Waals surface area contributed by atoms with Crippen LogP contribution in [0.25, 0.3) is 0 Å². The van der Waals surface area contributed by atoms with Crippen molar-refractivity contribution >= 4 is 11.7 Å². The molecule has 2 aliphatic rings. The minimum atomic E-state index is -0.385. The smallest absolute Gasteiger partial charge is 0.236 e. The normalized spacial score (nSPS) is 20.4. The molecule has 0 saturated carbocycles. The zero-order chi connectivity index (χ0) is 13.3. The summed E-state index contributed by atoms with van der Waals surface area (Å²) in [7, 11) is 0. The maximum absolute atomic E-state index is 12.3. The number of rotatable bonds is 3. The van der Waals surface area contributed by atoms with Gasteiger partial charge < -0.3 is 10.6 Å². The molecule has 5 heteroatoms. The number of amides is 1. The van der Waals surface area contributed by atoms with Crippen LogP contribution in [-0.4, -0.2) is 29.0 Å². The summed E-state index contributed by atoms with van der Waals surface area (Å²) in [6, 6.07) is 0. The predicted molar refractivity (Wildman–Crippen MR) is 73.1 cm³/mol. The highest BCUT2D eigenvalue weighted by Gasteiger charge is 2.48. The van der Waals surface area contributed by atoms with Crippen LogP contribution in [0.4, 0.5) is 5.82 Å². The van der Waals surface area contributed by atoms with Crippen LogP contribution in [-0.2, 0) is 16.6 Å². The molecule has 102 valence electrons. The molecule has 1 aromatic heterocycles. The van der Waals surface area contributed by atoms with Crippen LogP contribution in [0, 0.1) is 0 Å². The van der Waals surface area contributed by atoms with Gasteiger partial charge in [-0.05, 0) is 32.4 Å². The minimum absolute atomic E-state index is 0.103. The highest BCUT2D eigenvalue weighted by Crippen LogP contribution is 2.42. The third-order valence-electron chi connectivity index (χ3n) is 4.23. The fourth-order valence-corrected chi connectivity index (χ4v) is 3.02. The van der Waals surface area contributed by atoms with Crippen LogP contribution in [0.1, 0.15) is 44.0 Å². The number of piperidine rings is 1. The maximum atomic E-state index is 12.3. The Morgan fingerprint density at radius 2 is 2.16 bits per heavy atom.